The van der Waals surface area contributed by atoms with E-state index in [1.807, 2.05) is 20.2 Å². The molecule has 3 unspecified atom stereocenters. The average Bonchev–Trinajstić information content (AvgIpc) is 2.98. The van der Waals surface area contributed by atoms with Crippen molar-refractivity contribution in [1.29, 1.82) is 0 Å². The van der Waals surface area contributed by atoms with Crippen molar-refractivity contribution in [2.45, 2.75) is 59.8 Å². The van der Waals surface area contributed by atoms with Crippen molar-refractivity contribution in [2.75, 3.05) is 27.2 Å². The molecule has 0 aliphatic heterocycles. The molecule has 1 aromatic carbocycles. The second-order valence-electron chi connectivity index (χ2n) is 12.2. The summed E-state index contributed by atoms with van der Waals surface area (Å²) < 4.78 is 0. The molecule has 4 rings (SSSR count). The van der Waals surface area contributed by atoms with Gasteiger partial charge in [0.1, 0.15) is 0 Å². The maximum Gasteiger partial charge on any atom is 0.247 e. The average molecular weight is 501 g/mol. The van der Waals surface area contributed by atoms with Crippen LogP contribution in [0.1, 0.15) is 65.4 Å². The Hall–Kier alpha value is -2.72. The van der Waals surface area contributed by atoms with Gasteiger partial charge in [-0.25, -0.2) is 0 Å². The second-order valence-corrected chi connectivity index (χ2v) is 12.2. The lowest BCUT2D eigenvalue weighted by Gasteiger charge is -2.38. The minimum atomic E-state index is -0.192. The van der Waals surface area contributed by atoms with Crippen molar-refractivity contribution >= 4 is 17.3 Å². The first-order valence-corrected chi connectivity index (χ1v) is 14.0. The number of hydrogen-bond acceptors (Lipinski definition) is 3. The molecule has 0 heterocycles. The van der Waals surface area contributed by atoms with Gasteiger partial charge in [0.15, 0.2) is 5.78 Å². The smallest absolute Gasteiger partial charge is 0.247 e. The van der Waals surface area contributed by atoms with E-state index in [0.29, 0.717) is 13.0 Å². The molecule has 0 spiro atoms. The summed E-state index contributed by atoms with van der Waals surface area (Å²) in [6.07, 6.45) is 10.7. The summed E-state index contributed by atoms with van der Waals surface area (Å²) in [7, 11) is 4.03. The van der Waals surface area contributed by atoms with E-state index in [1.54, 1.807) is 0 Å². The Morgan fingerprint density at radius 3 is 2.49 bits per heavy atom. The fourth-order valence-electron chi connectivity index (χ4n) is 6.44. The van der Waals surface area contributed by atoms with E-state index in [2.05, 4.69) is 80.4 Å². The number of allylic oxidation sites excluding steroid dienone is 7. The standard InChI is InChI=1S/C33H44N2O2/c1-7-23-19-22(2)27-20-33(3,4)21-28(36)31(27)29(30(23)32(37)34-17-18-35(5)6)26-15-13-25(14-16-26)24-11-9-8-10-12-24/h8-15,22,26,29H,7,16-21H2,1-6H3,(H,34,37). The fourth-order valence-corrected chi connectivity index (χ4v) is 6.44. The van der Waals surface area contributed by atoms with Crippen molar-refractivity contribution in [2.24, 2.45) is 23.2 Å². The Bertz CT molecular complexity index is 1150. The molecule has 0 fully saturated rings. The SMILES string of the molecule is CCC1=C(C(=O)NCCN(C)C)C(C2C=CC(c3ccccc3)=CC2)C2=C(CC(C)(C)CC2=O)C(C)C1. The third kappa shape index (κ3) is 6.06. The van der Waals surface area contributed by atoms with Crippen LogP contribution in [-0.4, -0.2) is 43.8 Å². The lowest BCUT2D eigenvalue weighted by Crippen LogP contribution is -2.38. The molecule has 0 aromatic heterocycles. The van der Waals surface area contributed by atoms with Crippen LogP contribution in [0.25, 0.3) is 5.57 Å². The highest BCUT2D eigenvalue weighted by molar-refractivity contribution is 6.03. The summed E-state index contributed by atoms with van der Waals surface area (Å²) in [6, 6.07) is 10.4. The number of ketones is 1. The van der Waals surface area contributed by atoms with Crippen LogP contribution in [0.2, 0.25) is 0 Å². The van der Waals surface area contributed by atoms with E-state index in [9.17, 15) is 9.59 Å². The van der Waals surface area contributed by atoms with Crippen LogP contribution >= 0.6 is 0 Å². The third-order valence-corrected chi connectivity index (χ3v) is 8.29. The normalized spacial score (nSPS) is 25.6. The molecule has 0 radical (unpaired) electrons. The van der Waals surface area contributed by atoms with Crippen LogP contribution in [-0.2, 0) is 9.59 Å². The molecule has 1 amide bonds. The van der Waals surface area contributed by atoms with Gasteiger partial charge in [-0.05, 0) is 68.2 Å². The molecular formula is C33H44N2O2. The number of nitrogens with zero attached hydrogens (tertiary/aromatic N) is 1. The highest BCUT2D eigenvalue weighted by atomic mass is 16.2. The molecule has 37 heavy (non-hydrogen) atoms. The Labute approximate surface area is 223 Å². The van der Waals surface area contributed by atoms with E-state index in [-0.39, 0.29) is 34.9 Å². The fraction of sp³-hybridized carbons (Fsp3) is 0.515. The van der Waals surface area contributed by atoms with E-state index in [4.69, 9.17) is 0 Å². The Morgan fingerprint density at radius 1 is 1.14 bits per heavy atom. The lowest BCUT2D eigenvalue weighted by molar-refractivity contribution is -0.119. The maximum absolute atomic E-state index is 13.9. The van der Waals surface area contributed by atoms with Crippen LogP contribution < -0.4 is 5.32 Å². The molecule has 198 valence electrons. The second kappa shape index (κ2) is 11.3. The largest absolute Gasteiger partial charge is 0.351 e. The van der Waals surface area contributed by atoms with Gasteiger partial charge in [-0.1, -0.05) is 87.4 Å². The molecule has 3 aliphatic carbocycles. The number of carbonyl (C=O) groups excluding carboxylic acids is 2. The lowest BCUT2D eigenvalue weighted by atomic mass is 9.65. The van der Waals surface area contributed by atoms with Gasteiger partial charge in [0.05, 0.1) is 0 Å². The first kappa shape index (κ1) is 27.3. The van der Waals surface area contributed by atoms with Gasteiger partial charge < -0.3 is 10.2 Å². The summed E-state index contributed by atoms with van der Waals surface area (Å²) in [6.45, 7) is 10.2. The summed E-state index contributed by atoms with van der Waals surface area (Å²) >= 11 is 0. The molecule has 4 heteroatoms. The summed E-state index contributed by atoms with van der Waals surface area (Å²) in [5.41, 5.74) is 6.68. The minimum Gasteiger partial charge on any atom is -0.351 e. The van der Waals surface area contributed by atoms with Gasteiger partial charge in [-0.2, -0.15) is 0 Å². The molecule has 4 nitrogen and oxygen atoms in total. The minimum absolute atomic E-state index is 0.00789. The van der Waals surface area contributed by atoms with Crippen LogP contribution in [0.4, 0.5) is 0 Å². The molecule has 1 aromatic rings. The van der Waals surface area contributed by atoms with Gasteiger partial charge in [0, 0.05) is 36.6 Å². The van der Waals surface area contributed by atoms with E-state index in [1.165, 1.54) is 22.3 Å². The van der Waals surface area contributed by atoms with Crippen LogP contribution in [0.3, 0.4) is 0 Å². The molecule has 3 aliphatic rings. The maximum atomic E-state index is 13.9. The van der Waals surface area contributed by atoms with E-state index < -0.39 is 0 Å². The number of amides is 1. The number of nitrogens with one attached hydrogen (secondary N) is 1. The van der Waals surface area contributed by atoms with Gasteiger partial charge in [-0.3, -0.25) is 9.59 Å². The Balaban J connectivity index is 1.78. The molecule has 1 N–H and O–H groups in total. The molecule has 0 bridgehead atoms. The van der Waals surface area contributed by atoms with Crippen LogP contribution in [0, 0.1) is 23.2 Å². The summed E-state index contributed by atoms with van der Waals surface area (Å²) in [5, 5.41) is 3.21. The predicted molar refractivity (Wildman–Crippen MR) is 153 cm³/mol. The molecule has 0 saturated heterocycles. The van der Waals surface area contributed by atoms with Gasteiger partial charge in [0.25, 0.3) is 0 Å². The van der Waals surface area contributed by atoms with Crippen molar-refractivity contribution < 1.29 is 9.59 Å². The van der Waals surface area contributed by atoms with Gasteiger partial charge in [0.2, 0.25) is 5.91 Å². The third-order valence-electron chi connectivity index (χ3n) is 8.29. The Kier molecular flexibility index (Phi) is 8.38. The van der Waals surface area contributed by atoms with Crippen molar-refractivity contribution in [3.8, 4) is 0 Å². The number of likely N-dealkylation sites (N-methyl/N-ethyl adjacent to an activating group) is 1. The summed E-state index contributed by atoms with van der Waals surface area (Å²) in [5.74, 6) is 0.414. The van der Waals surface area contributed by atoms with Gasteiger partial charge >= 0.3 is 0 Å². The first-order valence-electron chi connectivity index (χ1n) is 14.0. The summed E-state index contributed by atoms with van der Waals surface area (Å²) in [4.78, 5) is 29.9. The molecular weight excluding hydrogens is 456 g/mol. The van der Waals surface area contributed by atoms with Crippen molar-refractivity contribution in [3.63, 3.8) is 0 Å². The van der Waals surface area contributed by atoms with Crippen LogP contribution in [0.5, 0.6) is 0 Å². The van der Waals surface area contributed by atoms with Crippen LogP contribution in [0.15, 0.2) is 70.9 Å². The molecule has 3 atom stereocenters. The Morgan fingerprint density at radius 2 is 1.86 bits per heavy atom. The zero-order chi connectivity index (χ0) is 26.7. The first-order chi connectivity index (χ1) is 17.6. The zero-order valence-corrected chi connectivity index (χ0v) is 23.6. The monoisotopic (exact) mass is 500 g/mol. The van der Waals surface area contributed by atoms with E-state index in [0.717, 1.165) is 43.4 Å². The van der Waals surface area contributed by atoms with Crippen molar-refractivity contribution in [3.05, 3.63) is 76.4 Å². The number of benzene rings is 1. The highest BCUT2D eigenvalue weighted by Gasteiger charge is 2.44. The number of hydrogen-bond donors (Lipinski definition) is 1. The predicted octanol–water partition coefficient (Wildman–Crippen LogP) is 6.37. The van der Waals surface area contributed by atoms with Crippen molar-refractivity contribution in [1.82, 2.24) is 10.2 Å². The number of carbonyl (C=O) groups is 2. The quantitative estimate of drug-likeness (QED) is 0.473. The zero-order valence-electron chi connectivity index (χ0n) is 23.6. The highest BCUT2D eigenvalue weighted by Crippen LogP contribution is 2.50. The molecule has 0 saturated carbocycles. The topological polar surface area (TPSA) is 49.4 Å². The number of rotatable bonds is 7. The number of Topliss-reactive ketones (excluding diaryl/α,β-unsaturated/α-hetero) is 1. The van der Waals surface area contributed by atoms with Gasteiger partial charge in [-0.15, -0.1) is 0 Å². The van der Waals surface area contributed by atoms with E-state index >= 15 is 0 Å².